The van der Waals surface area contributed by atoms with Gasteiger partial charge in [-0.3, -0.25) is 9.59 Å². The number of hydrogen-bond acceptors (Lipinski definition) is 7. The normalized spacial score (nSPS) is 23.1. The Morgan fingerprint density at radius 3 is 2.43 bits per heavy atom. The molecule has 2 amide bonds. The predicted molar refractivity (Wildman–Crippen MR) is 135 cm³/mol. The summed E-state index contributed by atoms with van der Waals surface area (Å²) in [6, 6.07) is 18.0. The summed E-state index contributed by atoms with van der Waals surface area (Å²) in [5.41, 5.74) is 1.63. The monoisotopic (exact) mass is 505 g/mol. The third-order valence-corrected chi connectivity index (χ3v) is 6.42. The lowest BCUT2D eigenvalue weighted by molar-refractivity contribution is -0.143. The number of nitrogens with zero attached hydrogens (tertiary/aromatic N) is 1. The van der Waals surface area contributed by atoms with Gasteiger partial charge in [0.2, 0.25) is 5.91 Å². The molecule has 2 aromatic carbocycles. The highest BCUT2D eigenvalue weighted by atomic mass is 16.6. The van der Waals surface area contributed by atoms with Crippen molar-refractivity contribution >= 4 is 17.8 Å². The number of carbonyl (C=O) groups excluding carboxylic acids is 3. The molecule has 1 saturated heterocycles. The van der Waals surface area contributed by atoms with Crippen LogP contribution in [-0.2, 0) is 30.2 Å². The second-order valence-corrected chi connectivity index (χ2v) is 8.97. The minimum Gasteiger partial charge on any atom is -0.482 e. The molecule has 1 N–H and O–H groups in total. The number of hydrogen-bond donors (Lipinski definition) is 1. The number of amides is 2. The number of benzene rings is 2. The van der Waals surface area contributed by atoms with Crippen LogP contribution in [-0.4, -0.2) is 59.8 Å². The molecule has 2 aromatic rings. The summed E-state index contributed by atoms with van der Waals surface area (Å²) < 4.78 is 16.9. The molecule has 0 spiro atoms. The van der Waals surface area contributed by atoms with E-state index in [-0.39, 0.29) is 25.4 Å². The molecule has 0 aliphatic carbocycles. The smallest absolute Gasteiger partial charge is 0.417 e. The van der Waals surface area contributed by atoms with Crippen molar-refractivity contribution in [1.82, 2.24) is 4.90 Å². The summed E-state index contributed by atoms with van der Waals surface area (Å²) in [6.07, 6.45) is 3.02. The molecule has 4 atom stereocenters. The van der Waals surface area contributed by atoms with Crippen molar-refractivity contribution < 1.29 is 33.7 Å². The van der Waals surface area contributed by atoms with E-state index in [2.05, 4.69) is 0 Å². The van der Waals surface area contributed by atoms with Crippen molar-refractivity contribution in [3.05, 3.63) is 95.8 Å². The van der Waals surface area contributed by atoms with E-state index in [1.807, 2.05) is 60.7 Å². The van der Waals surface area contributed by atoms with E-state index in [0.29, 0.717) is 18.8 Å². The summed E-state index contributed by atoms with van der Waals surface area (Å²) in [5.74, 6) is -1.36. The minimum absolute atomic E-state index is 0.0602. The first-order chi connectivity index (χ1) is 18.0. The van der Waals surface area contributed by atoms with E-state index >= 15 is 0 Å². The van der Waals surface area contributed by atoms with E-state index in [1.54, 1.807) is 19.1 Å². The Morgan fingerprint density at radius 2 is 1.73 bits per heavy atom. The van der Waals surface area contributed by atoms with Crippen molar-refractivity contribution in [2.75, 3.05) is 19.8 Å². The zero-order valence-electron chi connectivity index (χ0n) is 20.7. The summed E-state index contributed by atoms with van der Waals surface area (Å²) in [5, 5.41) is 8.84. The summed E-state index contributed by atoms with van der Waals surface area (Å²) in [6.45, 7) is 2.32. The van der Waals surface area contributed by atoms with Gasteiger partial charge in [0.25, 0.3) is 0 Å². The van der Waals surface area contributed by atoms with Crippen LogP contribution in [0.1, 0.15) is 30.6 Å². The van der Waals surface area contributed by atoms with Crippen LogP contribution in [0.4, 0.5) is 4.79 Å². The molecule has 1 fully saturated rings. The largest absolute Gasteiger partial charge is 0.482 e. The number of ketones is 1. The fraction of sp³-hybridized carbons (Fsp3) is 0.345. The second kappa shape index (κ2) is 12.5. The van der Waals surface area contributed by atoms with Crippen molar-refractivity contribution in [2.45, 2.75) is 38.0 Å². The molecule has 0 unspecified atom stereocenters. The van der Waals surface area contributed by atoms with E-state index in [4.69, 9.17) is 19.3 Å². The Labute approximate surface area is 216 Å². The van der Waals surface area contributed by atoms with Crippen LogP contribution >= 0.6 is 0 Å². The highest BCUT2D eigenvalue weighted by molar-refractivity contribution is 6.02. The van der Waals surface area contributed by atoms with Gasteiger partial charge in [-0.2, -0.15) is 0 Å². The fourth-order valence-electron chi connectivity index (χ4n) is 4.57. The molecule has 37 heavy (non-hydrogen) atoms. The molecule has 8 nitrogen and oxygen atoms in total. The lowest BCUT2D eigenvalue weighted by atomic mass is 9.88. The van der Waals surface area contributed by atoms with Gasteiger partial charge < -0.3 is 19.3 Å². The van der Waals surface area contributed by atoms with Crippen LogP contribution in [0.25, 0.3) is 0 Å². The van der Waals surface area contributed by atoms with Gasteiger partial charge >= 0.3 is 6.09 Å². The zero-order chi connectivity index (χ0) is 26.2. The number of aliphatic hydroxyl groups is 1. The van der Waals surface area contributed by atoms with E-state index in [9.17, 15) is 14.4 Å². The Hall–Kier alpha value is -3.75. The molecule has 0 saturated carbocycles. The predicted octanol–water partition coefficient (Wildman–Crippen LogP) is 3.76. The maximum atomic E-state index is 13.9. The zero-order valence-corrected chi connectivity index (χ0v) is 20.7. The van der Waals surface area contributed by atoms with E-state index < -0.39 is 36.2 Å². The van der Waals surface area contributed by atoms with Gasteiger partial charge in [0, 0.05) is 0 Å². The van der Waals surface area contributed by atoms with Gasteiger partial charge in [-0.05, 0) is 49.1 Å². The van der Waals surface area contributed by atoms with Crippen molar-refractivity contribution in [1.29, 1.82) is 0 Å². The van der Waals surface area contributed by atoms with Crippen LogP contribution < -0.4 is 0 Å². The molecular formula is C29H31NO7. The first kappa shape index (κ1) is 26.3. The number of carbonyl (C=O) groups is 3. The number of rotatable bonds is 10. The van der Waals surface area contributed by atoms with Gasteiger partial charge in [0.05, 0.1) is 31.8 Å². The maximum Gasteiger partial charge on any atom is 0.417 e. The lowest BCUT2D eigenvalue weighted by Gasteiger charge is -2.31. The van der Waals surface area contributed by atoms with Crippen molar-refractivity contribution in [2.24, 2.45) is 5.92 Å². The Balaban J connectivity index is 1.58. The number of imide groups is 1. The standard InChI is InChI=1S/C29H31NO7/c1-20-26(22-11-6-3-7-12-22)37-29(34)30(20)28(33)24(19-21-9-4-2-5-10-21)27-25(32)15-14-23(36-27)13-8-17-35-18-16-31/h2-7,9-15,20,24,26-27,31H,8,16-19H2,1H3/t20-,24-,26-,27-/m1/s1. The maximum absolute atomic E-state index is 13.9. The summed E-state index contributed by atoms with van der Waals surface area (Å²) in [7, 11) is 0. The first-order valence-electron chi connectivity index (χ1n) is 12.4. The van der Waals surface area contributed by atoms with E-state index in [1.165, 1.54) is 6.08 Å². The van der Waals surface area contributed by atoms with Gasteiger partial charge in [-0.15, -0.1) is 0 Å². The molecule has 2 heterocycles. The lowest BCUT2D eigenvalue weighted by Crippen LogP contribution is -2.48. The molecular weight excluding hydrogens is 474 g/mol. The quantitative estimate of drug-likeness (QED) is 0.491. The van der Waals surface area contributed by atoms with Crippen LogP contribution in [0.5, 0.6) is 0 Å². The number of ether oxygens (including phenoxy) is 3. The Morgan fingerprint density at radius 1 is 1.03 bits per heavy atom. The van der Waals surface area contributed by atoms with Gasteiger partial charge in [-0.1, -0.05) is 60.7 Å². The topological polar surface area (TPSA) is 102 Å². The summed E-state index contributed by atoms with van der Waals surface area (Å²) in [4.78, 5) is 41.0. The number of cyclic esters (lactones) is 1. The highest BCUT2D eigenvalue weighted by Crippen LogP contribution is 2.35. The van der Waals surface area contributed by atoms with Crippen molar-refractivity contribution in [3.8, 4) is 0 Å². The van der Waals surface area contributed by atoms with Gasteiger partial charge in [-0.25, -0.2) is 9.69 Å². The molecule has 4 rings (SSSR count). The Kier molecular flexibility index (Phi) is 8.87. The average molecular weight is 506 g/mol. The third kappa shape index (κ3) is 6.34. The molecule has 0 radical (unpaired) electrons. The molecule has 2 aliphatic heterocycles. The van der Waals surface area contributed by atoms with Crippen LogP contribution in [0.2, 0.25) is 0 Å². The number of aliphatic hydroxyl groups excluding tert-OH is 1. The van der Waals surface area contributed by atoms with Gasteiger partial charge in [0.15, 0.2) is 11.9 Å². The third-order valence-electron chi connectivity index (χ3n) is 6.42. The molecule has 194 valence electrons. The second-order valence-electron chi connectivity index (χ2n) is 8.97. The van der Waals surface area contributed by atoms with Crippen molar-refractivity contribution in [3.63, 3.8) is 0 Å². The minimum atomic E-state index is -1.10. The first-order valence-corrected chi connectivity index (χ1v) is 12.4. The SMILES string of the molecule is C[C@@H]1[C@H](c2ccccc2)OC(=O)N1C(=O)[C@H](Cc1ccccc1)[C@H]1OC(=CCCOCCO)C=CC1=O. The number of allylic oxidation sites excluding steroid dienone is 1. The van der Waals surface area contributed by atoms with Crippen LogP contribution in [0.15, 0.2) is 84.7 Å². The molecule has 0 aromatic heterocycles. The molecule has 2 aliphatic rings. The molecule has 0 bridgehead atoms. The fourth-order valence-corrected chi connectivity index (χ4v) is 4.57. The Bertz CT molecular complexity index is 1150. The van der Waals surface area contributed by atoms with Gasteiger partial charge in [0.1, 0.15) is 11.9 Å². The van der Waals surface area contributed by atoms with Crippen LogP contribution in [0.3, 0.4) is 0 Å². The van der Waals surface area contributed by atoms with E-state index in [0.717, 1.165) is 16.0 Å². The highest BCUT2D eigenvalue weighted by Gasteiger charge is 2.48. The molecule has 8 heteroatoms. The van der Waals surface area contributed by atoms with Crippen LogP contribution in [0, 0.1) is 5.92 Å². The summed E-state index contributed by atoms with van der Waals surface area (Å²) >= 11 is 0. The average Bonchev–Trinajstić information content (AvgIpc) is 3.22.